The molecule has 7 heteroatoms. The van der Waals surface area contributed by atoms with E-state index in [9.17, 15) is 14.3 Å². The molecule has 0 saturated heterocycles. The molecule has 170 valence electrons. The van der Waals surface area contributed by atoms with E-state index in [1.807, 2.05) is 12.1 Å². The average molecular weight is 457 g/mol. The molecule has 2 aromatic carbocycles. The molecule has 5 rings (SSSR count). The monoisotopic (exact) mass is 456 g/mol. The molecule has 0 spiro atoms. The number of hydrogen-bond acceptors (Lipinski definition) is 5. The van der Waals surface area contributed by atoms with E-state index < -0.39 is 5.97 Å². The summed E-state index contributed by atoms with van der Waals surface area (Å²) in [6.45, 7) is 7.99. The standard InChI is InChI=1S/C25H29FN2O3S/c1-3-28(4-2)12-14-9-18(14)20-11-16(26)5-8-22(20)32-27-21-7-6-17-19-10-15(19)13-31-24(17)23(21)25(29)30/h5-8,11,14-15,18-19,27H,3-4,9-10,12-13H2,1-2H3,(H,29,30)/t14?,15-,18?,19?/m0/s1. The molecule has 0 amide bonds. The second-order valence-electron chi connectivity index (χ2n) is 9.10. The molecule has 2 saturated carbocycles. The van der Waals surface area contributed by atoms with E-state index in [-0.39, 0.29) is 11.4 Å². The fraction of sp³-hybridized carbons (Fsp3) is 0.480. The van der Waals surface area contributed by atoms with Crippen molar-refractivity contribution in [3.05, 3.63) is 52.8 Å². The molecule has 2 fully saturated rings. The van der Waals surface area contributed by atoms with Gasteiger partial charge in [0.1, 0.15) is 17.1 Å². The molecule has 1 aliphatic heterocycles. The van der Waals surface area contributed by atoms with Crippen molar-refractivity contribution in [2.75, 3.05) is 31.0 Å². The number of fused-ring (bicyclic) bond motifs is 3. The predicted molar refractivity (Wildman–Crippen MR) is 124 cm³/mol. The Kier molecular flexibility index (Phi) is 5.80. The summed E-state index contributed by atoms with van der Waals surface area (Å²) in [7, 11) is 0. The van der Waals surface area contributed by atoms with Crippen LogP contribution in [0.5, 0.6) is 5.75 Å². The van der Waals surface area contributed by atoms with Crippen molar-refractivity contribution in [1.82, 2.24) is 4.90 Å². The number of aromatic carboxylic acids is 1. The Morgan fingerprint density at radius 1 is 1.19 bits per heavy atom. The number of hydrogen-bond donors (Lipinski definition) is 2. The quantitative estimate of drug-likeness (QED) is 0.480. The summed E-state index contributed by atoms with van der Waals surface area (Å²) in [6, 6.07) is 8.72. The molecule has 1 heterocycles. The van der Waals surface area contributed by atoms with E-state index >= 15 is 0 Å². The first kappa shape index (κ1) is 21.6. The summed E-state index contributed by atoms with van der Waals surface area (Å²) < 4.78 is 23.2. The van der Waals surface area contributed by atoms with Crippen LogP contribution in [-0.2, 0) is 0 Å². The van der Waals surface area contributed by atoms with Gasteiger partial charge in [-0.2, -0.15) is 0 Å². The highest BCUT2D eigenvalue weighted by molar-refractivity contribution is 8.00. The van der Waals surface area contributed by atoms with Gasteiger partial charge in [0.05, 0.1) is 12.3 Å². The zero-order valence-corrected chi connectivity index (χ0v) is 19.3. The Morgan fingerprint density at radius 2 is 2.00 bits per heavy atom. The first-order chi connectivity index (χ1) is 15.5. The van der Waals surface area contributed by atoms with Gasteiger partial charge in [-0.15, -0.1) is 0 Å². The van der Waals surface area contributed by atoms with Crippen molar-refractivity contribution in [2.24, 2.45) is 11.8 Å². The third kappa shape index (κ3) is 4.08. The minimum Gasteiger partial charge on any atom is -0.492 e. The van der Waals surface area contributed by atoms with Crippen LogP contribution in [0.1, 0.15) is 60.0 Å². The van der Waals surface area contributed by atoms with Gasteiger partial charge in [0, 0.05) is 17.4 Å². The van der Waals surface area contributed by atoms with E-state index in [4.69, 9.17) is 4.74 Å². The van der Waals surface area contributed by atoms with Crippen molar-refractivity contribution in [3.63, 3.8) is 0 Å². The smallest absolute Gasteiger partial charge is 0.341 e. The lowest BCUT2D eigenvalue weighted by Gasteiger charge is -2.21. The molecular formula is C25H29FN2O3S. The maximum absolute atomic E-state index is 14.1. The van der Waals surface area contributed by atoms with E-state index in [0.29, 0.717) is 41.7 Å². The molecule has 32 heavy (non-hydrogen) atoms. The van der Waals surface area contributed by atoms with Gasteiger partial charge in [-0.05, 0) is 91.0 Å². The van der Waals surface area contributed by atoms with Gasteiger partial charge >= 0.3 is 5.97 Å². The number of nitrogens with one attached hydrogen (secondary N) is 1. The zero-order chi connectivity index (χ0) is 22.4. The summed E-state index contributed by atoms with van der Waals surface area (Å²) in [4.78, 5) is 15.4. The van der Waals surface area contributed by atoms with E-state index in [0.717, 1.165) is 48.5 Å². The highest BCUT2D eigenvalue weighted by Gasteiger charge is 2.45. The predicted octanol–water partition coefficient (Wildman–Crippen LogP) is 5.58. The zero-order valence-electron chi connectivity index (χ0n) is 18.4. The van der Waals surface area contributed by atoms with Gasteiger partial charge in [-0.25, -0.2) is 9.18 Å². The third-order valence-electron chi connectivity index (χ3n) is 7.12. The SMILES string of the molecule is CCN(CC)CC1CC1c1cc(F)ccc1SNc1ccc2c(c1C(=O)O)OC[C@@H]1CC21. The first-order valence-electron chi connectivity index (χ1n) is 11.5. The molecule has 0 bridgehead atoms. The minimum absolute atomic E-state index is 0.190. The molecule has 2 aromatic rings. The van der Waals surface area contributed by atoms with Crippen molar-refractivity contribution in [2.45, 2.75) is 43.4 Å². The number of ether oxygens (including phenoxy) is 1. The third-order valence-corrected chi connectivity index (χ3v) is 8.03. The number of carboxylic acid groups (broad SMARTS) is 1. The Bertz CT molecular complexity index is 1040. The van der Waals surface area contributed by atoms with E-state index in [1.165, 1.54) is 18.0 Å². The molecule has 4 atom stereocenters. The van der Waals surface area contributed by atoms with Crippen LogP contribution in [0.15, 0.2) is 35.2 Å². The van der Waals surface area contributed by atoms with Gasteiger partial charge in [0.15, 0.2) is 0 Å². The second-order valence-corrected chi connectivity index (χ2v) is 9.95. The van der Waals surface area contributed by atoms with Gasteiger partial charge in [-0.1, -0.05) is 19.9 Å². The van der Waals surface area contributed by atoms with Crippen LogP contribution in [0, 0.1) is 17.7 Å². The molecule has 0 radical (unpaired) electrons. The number of halogens is 1. The summed E-state index contributed by atoms with van der Waals surface area (Å²) >= 11 is 1.35. The second kappa shape index (κ2) is 8.60. The lowest BCUT2D eigenvalue weighted by molar-refractivity contribution is 0.0692. The summed E-state index contributed by atoms with van der Waals surface area (Å²) in [5.41, 5.74) is 2.72. The van der Waals surface area contributed by atoms with Crippen LogP contribution >= 0.6 is 11.9 Å². The molecule has 5 nitrogen and oxygen atoms in total. The number of benzene rings is 2. The van der Waals surface area contributed by atoms with Crippen LogP contribution in [0.4, 0.5) is 10.1 Å². The van der Waals surface area contributed by atoms with Gasteiger partial charge < -0.3 is 19.5 Å². The summed E-state index contributed by atoms with van der Waals surface area (Å²) in [5, 5.41) is 9.89. The summed E-state index contributed by atoms with van der Waals surface area (Å²) in [5.74, 6) is 1.11. The molecule has 0 aromatic heterocycles. The van der Waals surface area contributed by atoms with Crippen LogP contribution in [0.25, 0.3) is 0 Å². The number of rotatable bonds is 9. The lowest BCUT2D eigenvalue weighted by Crippen LogP contribution is -2.25. The number of carbonyl (C=O) groups is 1. The highest BCUT2D eigenvalue weighted by atomic mass is 32.2. The Hall–Kier alpha value is -2.25. The van der Waals surface area contributed by atoms with Crippen LogP contribution in [0.2, 0.25) is 0 Å². The van der Waals surface area contributed by atoms with Crippen molar-refractivity contribution < 1.29 is 19.0 Å². The molecule has 2 aliphatic carbocycles. The van der Waals surface area contributed by atoms with Crippen LogP contribution < -0.4 is 9.46 Å². The maximum Gasteiger partial charge on any atom is 0.341 e. The van der Waals surface area contributed by atoms with Gasteiger partial charge in [0.25, 0.3) is 0 Å². The normalized spacial score (nSPS) is 25.0. The Balaban J connectivity index is 1.36. The largest absolute Gasteiger partial charge is 0.492 e. The van der Waals surface area contributed by atoms with Crippen molar-refractivity contribution in [3.8, 4) is 5.75 Å². The van der Waals surface area contributed by atoms with Gasteiger partial charge in [0.2, 0.25) is 0 Å². The number of nitrogens with zero attached hydrogens (tertiary/aromatic N) is 1. The molecular weight excluding hydrogens is 427 g/mol. The van der Waals surface area contributed by atoms with Gasteiger partial charge in [-0.3, -0.25) is 0 Å². The lowest BCUT2D eigenvalue weighted by atomic mass is 10.0. The van der Waals surface area contributed by atoms with Crippen LogP contribution in [0.3, 0.4) is 0 Å². The fourth-order valence-electron chi connectivity index (χ4n) is 5.00. The fourth-order valence-corrected chi connectivity index (χ4v) is 5.86. The summed E-state index contributed by atoms with van der Waals surface area (Å²) in [6.07, 6.45) is 2.13. The van der Waals surface area contributed by atoms with E-state index in [2.05, 4.69) is 23.5 Å². The Labute approximate surface area is 192 Å². The molecule has 2 N–H and O–H groups in total. The first-order valence-corrected chi connectivity index (χ1v) is 12.3. The Morgan fingerprint density at radius 3 is 2.75 bits per heavy atom. The maximum atomic E-state index is 14.1. The van der Waals surface area contributed by atoms with Crippen molar-refractivity contribution in [1.29, 1.82) is 0 Å². The molecule has 3 unspecified atom stereocenters. The molecule has 3 aliphatic rings. The minimum atomic E-state index is -0.996. The van der Waals surface area contributed by atoms with Crippen LogP contribution in [-0.4, -0.2) is 42.2 Å². The topological polar surface area (TPSA) is 61.8 Å². The number of carboxylic acids is 1. The van der Waals surface area contributed by atoms with Crippen molar-refractivity contribution >= 4 is 23.6 Å². The average Bonchev–Trinajstić information content (AvgIpc) is 3.70. The number of anilines is 1. The van der Waals surface area contributed by atoms with E-state index in [1.54, 1.807) is 12.1 Å². The highest BCUT2D eigenvalue weighted by Crippen LogP contribution is 2.55.